The quantitative estimate of drug-likeness (QED) is 0.772. The van der Waals surface area contributed by atoms with Gasteiger partial charge >= 0.3 is 0 Å². The van der Waals surface area contributed by atoms with E-state index in [0.29, 0.717) is 26.1 Å². The number of thiophene rings is 1. The van der Waals surface area contributed by atoms with Crippen LogP contribution in [-0.2, 0) is 22.7 Å². The molecular weight excluding hydrogens is 320 g/mol. The molecule has 128 valence electrons. The number of amides is 2. The van der Waals surface area contributed by atoms with E-state index in [2.05, 4.69) is 19.1 Å². The van der Waals surface area contributed by atoms with E-state index in [1.807, 2.05) is 37.4 Å². The number of hydrogen-bond donors (Lipinski definition) is 0. The Morgan fingerprint density at radius 1 is 1.04 bits per heavy atom. The van der Waals surface area contributed by atoms with Crippen LogP contribution >= 0.6 is 11.3 Å². The van der Waals surface area contributed by atoms with Crippen LogP contribution in [0.25, 0.3) is 0 Å². The van der Waals surface area contributed by atoms with E-state index in [0.717, 1.165) is 5.56 Å². The van der Waals surface area contributed by atoms with E-state index in [-0.39, 0.29) is 11.8 Å². The van der Waals surface area contributed by atoms with Crippen molar-refractivity contribution in [2.24, 2.45) is 0 Å². The van der Waals surface area contributed by atoms with Crippen LogP contribution in [0.15, 0.2) is 42.5 Å². The lowest BCUT2D eigenvalue weighted by Gasteiger charge is -2.23. The van der Waals surface area contributed by atoms with E-state index in [1.165, 1.54) is 9.75 Å². The molecule has 0 atom stereocenters. The molecule has 0 unspecified atom stereocenters. The second kappa shape index (κ2) is 8.64. The highest BCUT2D eigenvalue weighted by atomic mass is 32.1. The summed E-state index contributed by atoms with van der Waals surface area (Å²) < 4.78 is 0. The predicted molar refractivity (Wildman–Crippen MR) is 97.7 cm³/mol. The molecule has 0 N–H and O–H groups in total. The van der Waals surface area contributed by atoms with Crippen LogP contribution in [0.1, 0.15) is 28.7 Å². The Balaban J connectivity index is 1.86. The number of aryl methyl sites for hydroxylation is 1. The van der Waals surface area contributed by atoms with Crippen molar-refractivity contribution in [1.82, 2.24) is 9.80 Å². The minimum absolute atomic E-state index is 0.0109. The first-order valence-electron chi connectivity index (χ1n) is 8.04. The fraction of sp³-hybridized carbons (Fsp3) is 0.368. The molecule has 2 amide bonds. The molecule has 0 aliphatic rings. The van der Waals surface area contributed by atoms with Crippen molar-refractivity contribution < 1.29 is 9.59 Å². The normalized spacial score (nSPS) is 10.5. The minimum atomic E-state index is -0.0109. The van der Waals surface area contributed by atoms with Gasteiger partial charge in [0.1, 0.15) is 0 Å². The largest absolute Gasteiger partial charge is 0.341 e. The fourth-order valence-corrected chi connectivity index (χ4v) is 3.41. The lowest BCUT2D eigenvalue weighted by molar-refractivity contribution is -0.133. The molecule has 0 aliphatic heterocycles. The van der Waals surface area contributed by atoms with Crippen molar-refractivity contribution >= 4 is 23.2 Å². The van der Waals surface area contributed by atoms with Gasteiger partial charge in [0.25, 0.3) is 0 Å². The number of nitrogens with zero attached hydrogens (tertiary/aromatic N) is 2. The Bertz CT molecular complexity index is 682. The maximum Gasteiger partial charge on any atom is 0.224 e. The van der Waals surface area contributed by atoms with E-state index in [4.69, 9.17) is 0 Å². The summed E-state index contributed by atoms with van der Waals surface area (Å²) in [4.78, 5) is 30.0. The first-order valence-corrected chi connectivity index (χ1v) is 8.86. The molecule has 2 aromatic rings. The first-order chi connectivity index (χ1) is 11.5. The highest BCUT2D eigenvalue weighted by Crippen LogP contribution is 2.17. The fourth-order valence-electron chi connectivity index (χ4n) is 2.47. The maximum absolute atomic E-state index is 12.3. The Labute approximate surface area is 147 Å². The highest BCUT2D eigenvalue weighted by molar-refractivity contribution is 7.11. The number of carbonyl (C=O) groups is 2. The summed E-state index contributed by atoms with van der Waals surface area (Å²) in [6, 6.07) is 14.0. The topological polar surface area (TPSA) is 40.6 Å². The van der Waals surface area contributed by atoms with Crippen LogP contribution in [-0.4, -0.2) is 35.2 Å². The minimum Gasteiger partial charge on any atom is -0.341 e. The second-order valence-corrected chi connectivity index (χ2v) is 7.31. The van der Waals surface area contributed by atoms with E-state index in [1.54, 1.807) is 28.1 Å². The molecule has 4 nitrogen and oxygen atoms in total. The molecule has 0 radical (unpaired) electrons. The third-order valence-electron chi connectivity index (χ3n) is 3.87. The lowest BCUT2D eigenvalue weighted by atomic mass is 10.2. The summed E-state index contributed by atoms with van der Waals surface area (Å²) in [5.74, 6) is 0.0450. The summed E-state index contributed by atoms with van der Waals surface area (Å²) >= 11 is 1.71. The molecule has 0 bridgehead atoms. The molecular formula is C19H24N2O2S. The summed E-state index contributed by atoms with van der Waals surface area (Å²) in [6.45, 7) is 5.21. The van der Waals surface area contributed by atoms with Crippen molar-refractivity contribution in [1.29, 1.82) is 0 Å². The van der Waals surface area contributed by atoms with Gasteiger partial charge in [0.2, 0.25) is 11.8 Å². The molecule has 24 heavy (non-hydrogen) atoms. The predicted octanol–water partition coefficient (Wildman–Crippen LogP) is 3.45. The molecule has 0 aliphatic carbocycles. The van der Waals surface area contributed by atoms with Gasteiger partial charge in [0.15, 0.2) is 0 Å². The molecule has 0 saturated carbocycles. The lowest BCUT2D eigenvalue weighted by Crippen LogP contribution is -2.34. The Morgan fingerprint density at radius 3 is 2.33 bits per heavy atom. The molecule has 1 heterocycles. The van der Waals surface area contributed by atoms with Crippen molar-refractivity contribution in [3.63, 3.8) is 0 Å². The third-order valence-corrected chi connectivity index (χ3v) is 4.86. The van der Waals surface area contributed by atoms with E-state index >= 15 is 0 Å². The van der Waals surface area contributed by atoms with Crippen LogP contribution in [0.4, 0.5) is 0 Å². The van der Waals surface area contributed by atoms with Gasteiger partial charge in [0, 0.05) is 43.2 Å². The summed E-state index contributed by atoms with van der Waals surface area (Å²) in [5, 5.41) is 0. The van der Waals surface area contributed by atoms with Crippen molar-refractivity contribution in [3.8, 4) is 0 Å². The van der Waals surface area contributed by atoms with Crippen molar-refractivity contribution in [2.75, 3.05) is 13.6 Å². The molecule has 1 aromatic heterocycles. The molecule has 0 saturated heterocycles. The molecule has 0 spiro atoms. The number of rotatable bonds is 7. The second-order valence-electron chi connectivity index (χ2n) is 5.94. The summed E-state index contributed by atoms with van der Waals surface area (Å²) in [6.07, 6.45) is 0.341. The highest BCUT2D eigenvalue weighted by Gasteiger charge is 2.15. The van der Waals surface area contributed by atoms with Gasteiger partial charge in [-0.25, -0.2) is 0 Å². The van der Waals surface area contributed by atoms with Crippen molar-refractivity contribution in [3.05, 3.63) is 57.8 Å². The monoisotopic (exact) mass is 344 g/mol. The Morgan fingerprint density at radius 2 is 1.75 bits per heavy atom. The zero-order valence-corrected chi connectivity index (χ0v) is 15.3. The molecule has 2 rings (SSSR count). The number of carbonyl (C=O) groups excluding carboxylic acids is 2. The van der Waals surface area contributed by atoms with Crippen LogP contribution < -0.4 is 0 Å². The van der Waals surface area contributed by atoms with Gasteiger partial charge in [-0.3, -0.25) is 9.59 Å². The maximum atomic E-state index is 12.3. The van der Waals surface area contributed by atoms with Gasteiger partial charge < -0.3 is 9.80 Å². The third kappa shape index (κ3) is 5.49. The summed E-state index contributed by atoms with van der Waals surface area (Å²) in [7, 11) is 1.81. The zero-order valence-electron chi connectivity index (χ0n) is 14.5. The summed E-state index contributed by atoms with van der Waals surface area (Å²) in [5.41, 5.74) is 1.07. The van der Waals surface area contributed by atoms with Gasteiger partial charge in [-0.15, -0.1) is 11.3 Å². The Kier molecular flexibility index (Phi) is 6.55. The average Bonchev–Trinajstić information content (AvgIpc) is 2.96. The Hall–Kier alpha value is -2.14. The smallest absolute Gasteiger partial charge is 0.224 e. The first kappa shape index (κ1) is 18.2. The van der Waals surface area contributed by atoms with Crippen LogP contribution in [0, 0.1) is 6.92 Å². The van der Waals surface area contributed by atoms with Gasteiger partial charge in [-0.2, -0.15) is 0 Å². The molecule has 0 fully saturated rings. The van der Waals surface area contributed by atoms with Crippen LogP contribution in [0.5, 0.6) is 0 Å². The molecule has 5 heteroatoms. The number of hydrogen-bond acceptors (Lipinski definition) is 3. The van der Waals surface area contributed by atoms with E-state index < -0.39 is 0 Å². The van der Waals surface area contributed by atoms with Crippen LogP contribution in [0.3, 0.4) is 0 Å². The molecule has 1 aromatic carbocycles. The van der Waals surface area contributed by atoms with Gasteiger partial charge in [-0.1, -0.05) is 30.3 Å². The van der Waals surface area contributed by atoms with E-state index in [9.17, 15) is 9.59 Å². The van der Waals surface area contributed by atoms with Gasteiger partial charge in [-0.05, 0) is 24.6 Å². The van der Waals surface area contributed by atoms with Gasteiger partial charge in [0.05, 0.1) is 6.54 Å². The average molecular weight is 344 g/mol. The van der Waals surface area contributed by atoms with Crippen molar-refractivity contribution in [2.45, 2.75) is 33.4 Å². The number of benzene rings is 1. The standard InChI is InChI=1S/C19H24N2O2S/c1-15-9-10-18(24-15)14-20(3)19(23)11-12-21(16(2)22)13-17-7-5-4-6-8-17/h4-10H,11-14H2,1-3H3. The SMILES string of the molecule is CC(=O)N(CCC(=O)N(C)Cc1ccc(C)s1)Cc1ccccc1. The zero-order chi connectivity index (χ0) is 17.5. The van der Waals surface area contributed by atoms with Crippen LogP contribution in [0.2, 0.25) is 0 Å².